The van der Waals surface area contributed by atoms with Gasteiger partial charge in [0.1, 0.15) is 0 Å². The van der Waals surface area contributed by atoms with Gasteiger partial charge in [0.25, 0.3) is 5.91 Å². The van der Waals surface area contributed by atoms with E-state index >= 15 is 0 Å². The van der Waals surface area contributed by atoms with Gasteiger partial charge in [-0.2, -0.15) is 0 Å². The Balaban J connectivity index is 1.86. The minimum absolute atomic E-state index is 0.0462. The number of hydrogen-bond acceptors (Lipinski definition) is 3. The molecular formula is C15H23N3O. The molecule has 2 rings (SSSR count). The number of anilines is 1. The molecule has 0 atom stereocenters. The van der Waals surface area contributed by atoms with Gasteiger partial charge in [-0.15, -0.1) is 0 Å². The lowest BCUT2D eigenvalue weighted by Gasteiger charge is -2.23. The largest absolute Gasteiger partial charge is 0.385 e. The van der Waals surface area contributed by atoms with Crippen LogP contribution in [0.4, 0.5) is 5.69 Å². The van der Waals surface area contributed by atoms with Gasteiger partial charge >= 0.3 is 0 Å². The van der Waals surface area contributed by atoms with E-state index in [0.717, 1.165) is 36.8 Å². The number of nitrogens with zero attached hydrogens (tertiary/aromatic N) is 1. The summed E-state index contributed by atoms with van der Waals surface area (Å²) in [7, 11) is 3.54. The summed E-state index contributed by atoms with van der Waals surface area (Å²) < 4.78 is 0. The van der Waals surface area contributed by atoms with E-state index in [1.807, 2.05) is 24.3 Å². The predicted octanol–water partition coefficient (Wildman–Crippen LogP) is 1.80. The van der Waals surface area contributed by atoms with Crippen LogP contribution in [0.25, 0.3) is 0 Å². The Bertz CT molecular complexity index is 408. The summed E-state index contributed by atoms with van der Waals surface area (Å²) in [5, 5.41) is 6.83. The van der Waals surface area contributed by atoms with Gasteiger partial charge in [-0.3, -0.25) is 4.79 Å². The first kappa shape index (κ1) is 13.9. The molecule has 1 fully saturated rings. The van der Waals surface area contributed by atoms with Crippen molar-refractivity contribution in [2.45, 2.75) is 12.8 Å². The zero-order valence-electron chi connectivity index (χ0n) is 11.8. The number of amides is 1. The fourth-order valence-corrected chi connectivity index (χ4v) is 2.34. The molecule has 1 aliphatic rings. The van der Waals surface area contributed by atoms with Crippen LogP contribution in [0.15, 0.2) is 24.3 Å². The maximum atomic E-state index is 11.8. The van der Waals surface area contributed by atoms with E-state index in [4.69, 9.17) is 0 Å². The molecule has 1 saturated heterocycles. The highest BCUT2D eigenvalue weighted by molar-refractivity contribution is 5.94. The van der Waals surface area contributed by atoms with Crippen molar-refractivity contribution >= 4 is 11.6 Å². The first-order chi connectivity index (χ1) is 9.16. The number of piperidine rings is 1. The van der Waals surface area contributed by atoms with Crippen LogP contribution in [-0.2, 0) is 0 Å². The summed E-state index contributed by atoms with van der Waals surface area (Å²) in [6.45, 7) is 3.27. The molecule has 4 nitrogen and oxygen atoms in total. The van der Waals surface area contributed by atoms with Crippen molar-refractivity contribution < 1.29 is 4.79 Å². The number of hydrogen-bond donors (Lipinski definition) is 2. The molecule has 1 amide bonds. The first-order valence-corrected chi connectivity index (χ1v) is 6.93. The summed E-state index contributed by atoms with van der Waals surface area (Å²) in [6, 6.07) is 7.73. The second-order valence-electron chi connectivity index (χ2n) is 5.35. The Hall–Kier alpha value is -1.55. The molecule has 0 radical (unpaired) electrons. The second kappa shape index (κ2) is 6.57. The monoisotopic (exact) mass is 261 g/mol. The molecular weight excluding hydrogens is 238 g/mol. The third-order valence-electron chi connectivity index (χ3n) is 3.59. The van der Waals surface area contributed by atoms with E-state index in [1.54, 1.807) is 19.0 Å². The Labute approximate surface area is 115 Å². The molecule has 0 bridgehead atoms. The summed E-state index contributed by atoms with van der Waals surface area (Å²) in [5.74, 6) is 0.800. The van der Waals surface area contributed by atoms with Crippen LogP contribution >= 0.6 is 0 Å². The van der Waals surface area contributed by atoms with Gasteiger partial charge in [-0.25, -0.2) is 0 Å². The molecule has 0 saturated carbocycles. The molecule has 1 heterocycles. The van der Waals surface area contributed by atoms with Crippen LogP contribution in [0.5, 0.6) is 0 Å². The third kappa shape index (κ3) is 3.96. The van der Waals surface area contributed by atoms with Crippen LogP contribution in [0.3, 0.4) is 0 Å². The Kier molecular flexibility index (Phi) is 4.80. The molecule has 19 heavy (non-hydrogen) atoms. The topological polar surface area (TPSA) is 44.4 Å². The molecule has 1 aromatic rings. The van der Waals surface area contributed by atoms with Crippen molar-refractivity contribution in [2.24, 2.45) is 5.92 Å². The molecule has 4 heteroatoms. The summed E-state index contributed by atoms with van der Waals surface area (Å²) >= 11 is 0. The predicted molar refractivity (Wildman–Crippen MR) is 78.5 cm³/mol. The van der Waals surface area contributed by atoms with Crippen LogP contribution in [-0.4, -0.2) is 44.5 Å². The smallest absolute Gasteiger partial charge is 0.253 e. The average Bonchev–Trinajstić information content (AvgIpc) is 2.46. The van der Waals surface area contributed by atoms with Gasteiger partial charge in [-0.1, -0.05) is 0 Å². The molecule has 2 N–H and O–H groups in total. The molecule has 104 valence electrons. The van der Waals surface area contributed by atoms with Crippen molar-refractivity contribution in [3.8, 4) is 0 Å². The van der Waals surface area contributed by atoms with Gasteiger partial charge in [0, 0.05) is 31.9 Å². The maximum Gasteiger partial charge on any atom is 0.253 e. The lowest BCUT2D eigenvalue weighted by molar-refractivity contribution is 0.0827. The van der Waals surface area contributed by atoms with Gasteiger partial charge in [-0.05, 0) is 56.1 Å². The minimum atomic E-state index is 0.0462. The van der Waals surface area contributed by atoms with E-state index in [1.165, 1.54) is 12.8 Å². The number of nitrogens with one attached hydrogen (secondary N) is 2. The highest BCUT2D eigenvalue weighted by atomic mass is 16.2. The highest BCUT2D eigenvalue weighted by Crippen LogP contribution is 2.15. The van der Waals surface area contributed by atoms with Crippen molar-refractivity contribution in [1.29, 1.82) is 0 Å². The van der Waals surface area contributed by atoms with Crippen molar-refractivity contribution in [2.75, 3.05) is 39.0 Å². The standard InChI is InChI=1S/C15H23N3O/c1-18(2)15(19)13-3-5-14(6-4-13)17-11-12-7-9-16-10-8-12/h3-6,12,16-17H,7-11H2,1-2H3. The number of rotatable bonds is 4. The fourth-order valence-electron chi connectivity index (χ4n) is 2.34. The summed E-state index contributed by atoms with van der Waals surface area (Å²) in [4.78, 5) is 13.4. The van der Waals surface area contributed by atoms with Crippen LogP contribution in [0.1, 0.15) is 23.2 Å². The fraction of sp³-hybridized carbons (Fsp3) is 0.533. The normalized spacial score (nSPS) is 16.1. The van der Waals surface area contributed by atoms with Crippen LogP contribution in [0.2, 0.25) is 0 Å². The van der Waals surface area contributed by atoms with E-state index in [-0.39, 0.29) is 5.91 Å². The summed E-state index contributed by atoms with van der Waals surface area (Å²) in [5.41, 5.74) is 1.83. The molecule has 0 unspecified atom stereocenters. The van der Waals surface area contributed by atoms with Gasteiger partial charge in [0.15, 0.2) is 0 Å². The molecule has 0 aliphatic carbocycles. The van der Waals surface area contributed by atoms with Crippen molar-refractivity contribution in [3.05, 3.63) is 29.8 Å². The quantitative estimate of drug-likeness (QED) is 0.868. The van der Waals surface area contributed by atoms with E-state index in [0.29, 0.717) is 0 Å². The van der Waals surface area contributed by atoms with Gasteiger partial charge in [0.2, 0.25) is 0 Å². The van der Waals surface area contributed by atoms with E-state index in [2.05, 4.69) is 10.6 Å². The molecule has 1 aromatic carbocycles. The first-order valence-electron chi connectivity index (χ1n) is 6.93. The van der Waals surface area contributed by atoms with Crippen molar-refractivity contribution in [1.82, 2.24) is 10.2 Å². The molecule has 0 aromatic heterocycles. The zero-order valence-corrected chi connectivity index (χ0v) is 11.8. The SMILES string of the molecule is CN(C)C(=O)c1ccc(NCC2CCNCC2)cc1. The second-order valence-corrected chi connectivity index (χ2v) is 5.35. The van der Waals surface area contributed by atoms with Gasteiger partial charge in [0.05, 0.1) is 0 Å². The minimum Gasteiger partial charge on any atom is -0.385 e. The van der Waals surface area contributed by atoms with Gasteiger partial charge < -0.3 is 15.5 Å². The Morgan fingerprint density at radius 3 is 2.47 bits per heavy atom. The Morgan fingerprint density at radius 1 is 1.26 bits per heavy atom. The molecule has 1 aliphatic heterocycles. The van der Waals surface area contributed by atoms with Crippen LogP contribution in [0, 0.1) is 5.92 Å². The zero-order chi connectivity index (χ0) is 13.7. The van der Waals surface area contributed by atoms with Crippen LogP contribution < -0.4 is 10.6 Å². The Morgan fingerprint density at radius 2 is 1.89 bits per heavy atom. The summed E-state index contributed by atoms with van der Waals surface area (Å²) in [6.07, 6.45) is 2.48. The lowest BCUT2D eigenvalue weighted by Crippen LogP contribution is -2.31. The van der Waals surface area contributed by atoms with E-state index in [9.17, 15) is 4.79 Å². The average molecular weight is 261 g/mol. The lowest BCUT2D eigenvalue weighted by atomic mass is 9.98. The number of carbonyl (C=O) groups is 1. The third-order valence-corrected chi connectivity index (χ3v) is 3.59. The highest BCUT2D eigenvalue weighted by Gasteiger charge is 2.12. The van der Waals surface area contributed by atoms with E-state index < -0.39 is 0 Å². The number of carbonyl (C=O) groups excluding carboxylic acids is 1. The number of benzene rings is 1. The van der Waals surface area contributed by atoms with Crippen molar-refractivity contribution in [3.63, 3.8) is 0 Å². The maximum absolute atomic E-state index is 11.8. The molecule has 0 spiro atoms.